The first-order valence-corrected chi connectivity index (χ1v) is 8.16. The molecular formula is C15H30N2O7. The standard InChI is InChI=1S/C15H30N2O7/c16-4-1-2-14(18)17-5-7-22-9-11-24-13-12-23-10-8-21-6-3-15(19)20/h1-13,16H2,(H,17,18)(H,19,20). The lowest BCUT2D eigenvalue weighted by Gasteiger charge is -2.08. The zero-order chi connectivity index (χ0) is 17.9. The molecule has 0 fully saturated rings. The molecule has 0 atom stereocenters. The Balaban J connectivity index is 3.07. The lowest BCUT2D eigenvalue weighted by atomic mass is 10.3. The van der Waals surface area contributed by atoms with Crippen LogP contribution >= 0.6 is 0 Å². The van der Waals surface area contributed by atoms with Crippen molar-refractivity contribution in [2.75, 3.05) is 65.9 Å². The van der Waals surface area contributed by atoms with Gasteiger partial charge in [-0.3, -0.25) is 9.59 Å². The van der Waals surface area contributed by atoms with Crippen molar-refractivity contribution >= 4 is 11.9 Å². The van der Waals surface area contributed by atoms with E-state index in [0.717, 1.165) is 0 Å². The fourth-order valence-corrected chi connectivity index (χ4v) is 1.53. The maximum atomic E-state index is 11.3. The number of carbonyl (C=O) groups excluding carboxylic acids is 1. The summed E-state index contributed by atoms with van der Waals surface area (Å²) in [6.07, 6.45) is 1.14. The van der Waals surface area contributed by atoms with Crippen LogP contribution in [-0.4, -0.2) is 82.9 Å². The summed E-state index contributed by atoms with van der Waals surface area (Å²) < 4.78 is 20.9. The van der Waals surface area contributed by atoms with E-state index in [1.807, 2.05) is 0 Å². The molecule has 9 nitrogen and oxygen atoms in total. The Kier molecular flexibility index (Phi) is 17.1. The molecule has 1 amide bonds. The number of rotatable bonds is 18. The molecule has 0 aliphatic carbocycles. The van der Waals surface area contributed by atoms with Gasteiger partial charge in [-0.05, 0) is 13.0 Å². The van der Waals surface area contributed by atoms with E-state index in [9.17, 15) is 9.59 Å². The molecule has 142 valence electrons. The summed E-state index contributed by atoms with van der Waals surface area (Å²) in [4.78, 5) is 21.5. The average molecular weight is 350 g/mol. The van der Waals surface area contributed by atoms with Gasteiger partial charge in [0, 0.05) is 13.0 Å². The lowest BCUT2D eigenvalue weighted by Crippen LogP contribution is -2.27. The minimum atomic E-state index is -0.875. The number of aliphatic carboxylic acids is 1. The maximum Gasteiger partial charge on any atom is 0.305 e. The molecule has 24 heavy (non-hydrogen) atoms. The Morgan fingerprint density at radius 2 is 1.29 bits per heavy atom. The Morgan fingerprint density at radius 3 is 1.79 bits per heavy atom. The predicted molar refractivity (Wildman–Crippen MR) is 86.8 cm³/mol. The average Bonchev–Trinajstić information content (AvgIpc) is 2.56. The number of carbonyl (C=O) groups is 2. The zero-order valence-corrected chi connectivity index (χ0v) is 14.2. The first kappa shape index (κ1) is 22.7. The number of carboxylic acids is 1. The number of nitrogens with two attached hydrogens (primary N) is 1. The minimum absolute atomic E-state index is 0.000488. The van der Waals surface area contributed by atoms with E-state index < -0.39 is 5.97 Å². The molecule has 0 aromatic rings. The number of carboxylic acid groups (broad SMARTS) is 1. The third-order valence-electron chi connectivity index (χ3n) is 2.75. The van der Waals surface area contributed by atoms with Gasteiger partial charge in [0.1, 0.15) is 0 Å². The van der Waals surface area contributed by atoms with Crippen molar-refractivity contribution in [3.63, 3.8) is 0 Å². The first-order chi connectivity index (χ1) is 11.7. The highest BCUT2D eigenvalue weighted by molar-refractivity contribution is 5.75. The SMILES string of the molecule is NCCCC(=O)NCCOCCOCCOCCOCCC(=O)O. The number of hydrogen-bond acceptors (Lipinski definition) is 7. The Labute approximate surface area is 142 Å². The van der Waals surface area contributed by atoms with Crippen molar-refractivity contribution in [1.82, 2.24) is 5.32 Å². The highest BCUT2D eigenvalue weighted by atomic mass is 16.6. The van der Waals surface area contributed by atoms with Crippen molar-refractivity contribution in [3.8, 4) is 0 Å². The van der Waals surface area contributed by atoms with Crippen LogP contribution in [0.15, 0.2) is 0 Å². The van der Waals surface area contributed by atoms with Gasteiger partial charge in [0.15, 0.2) is 0 Å². The maximum absolute atomic E-state index is 11.3. The lowest BCUT2D eigenvalue weighted by molar-refractivity contribution is -0.138. The van der Waals surface area contributed by atoms with Crippen molar-refractivity contribution in [1.29, 1.82) is 0 Å². The minimum Gasteiger partial charge on any atom is -0.481 e. The molecule has 0 unspecified atom stereocenters. The molecule has 0 bridgehead atoms. The monoisotopic (exact) mass is 350 g/mol. The van der Waals surface area contributed by atoms with Crippen molar-refractivity contribution in [2.45, 2.75) is 19.3 Å². The van der Waals surface area contributed by atoms with Gasteiger partial charge in [-0.15, -0.1) is 0 Å². The van der Waals surface area contributed by atoms with Crippen LogP contribution < -0.4 is 11.1 Å². The van der Waals surface area contributed by atoms with Crippen LogP contribution in [0.5, 0.6) is 0 Å². The van der Waals surface area contributed by atoms with Gasteiger partial charge in [-0.1, -0.05) is 0 Å². The van der Waals surface area contributed by atoms with E-state index in [-0.39, 0.29) is 18.9 Å². The summed E-state index contributed by atoms with van der Waals surface area (Å²) >= 11 is 0. The molecule has 0 spiro atoms. The molecule has 0 aliphatic heterocycles. The number of nitrogens with one attached hydrogen (secondary N) is 1. The van der Waals surface area contributed by atoms with E-state index in [2.05, 4.69) is 5.32 Å². The number of amides is 1. The summed E-state index contributed by atoms with van der Waals surface area (Å²) in [7, 11) is 0. The second kappa shape index (κ2) is 18.1. The van der Waals surface area contributed by atoms with E-state index >= 15 is 0 Å². The second-order valence-electron chi connectivity index (χ2n) is 4.84. The normalized spacial score (nSPS) is 10.7. The van der Waals surface area contributed by atoms with Crippen LogP contribution in [0.1, 0.15) is 19.3 Å². The number of hydrogen-bond donors (Lipinski definition) is 3. The molecule has 0 aromatic heterocycles. The molecule has 0 radical (unpaired) electrons. The van der Waals surface area contributed by atoms with Gasteiger partial charge < -0.3 is 35.1 Å². The number of ether oxygens (including phenoxy) is 4. The summed E-state index contributed by atoms with van der Waals surface area (Å²) in [5.74, 6) is -0.884. The van der Waals surface area contributed by atoms with Crippen LogP contribution in [-0.2, 0) is 28.5 Å². The van der Waals surface area contributed by atoms with Crippen molar-refractivity contribution < 1.29 is 33.6 Å². The molecule has 0 saturated carbocycles. The predicted octanol–water partition coefficient (Wildman–Crippen LogP) is -0.617. The molecule has 0 saturated heterocycles. The van der Waals surface area contributed by atoms with Gasteiger partial charge in [-0.2, -0.15) is 0 Å². The van der Waals surface area contributed by atoms with Crippen molar-refractivity contribution in [3.05, 3.63) is 0 Å². The molecule has 0 heterocycles. The van der Waals surface area contributed by atoms with Gasteiger partial charge >= 0.3 is 5.97 Å². The van der Waals surface area contributed by atoms with Crippen molar-refractivity contribution in [2.24, 2.45) is 5.73 Å². The summed E-state index contributed by atoms with van der Waals surface area (Å²) in [6, 6.07) is 0. The molecule has 9 heteroatoms. The molecular weight excluding hydrogens is 320 g/mol. The highest BCUT2D eigenvalue weighted by Crippen LogP contribution is 1.86. The highest BCUT2D eigenvalue weighted by Gasteiger charge is 1.99. The van der Waals surface area contributed by atoms with Gasteiger partial charge in [-0.25, -0.2) is 0 Å². The topological polar surface area (TPSA) is 129 Å². The van der Waals surface area contributed by atoms with E-state index in [0.29, 0.717) is 72.2 Å². The molecule has 0 aromatic carbocycles. The molecule has 0 aliphatic rings. The van der Waals surface area contributed by atoms with E-state index in [4.69, 9.17) is 29.8 Å². The van der Waals surface area contributed by atoms with Crippen LogP contribution in [0.25, 0.3) is 0 Å². The fraction of sp³-hybridized carbons (Fsp3) is 0.867. The van der Waals surface area contributed by atoms with E-state index in [1.165, 1.54) is 0 Å². The van der Waals surface area contributed by atoms with E-state index in [1.54, 1.807) is 0 Å². The third kappa shape index (κ3) is 18.8. The van der Waals surface area contributed by atoms with Gasteiger partial charge in [0.05, 0.1) is 59.3 Å². The van der Waals surface area contributed by atoms with Crippen LogP contribution in [0.2, 0.25) is 0 Å². The largest absolute Gasteiger partial charge is 0.481 e. The fourth-order valence-electron chi connectivity index (χ4n) is 1.53. The third-order valence-corrected chi connectivity index (χ3v) is 2.75. The van der Waals surface area contributed by atoms with Crippen LogP contribution in [0.4, 0.5) is 0 Å². The molecule has 4 N–H and O–H groups in total. The van der Waals surface area contributed by atoms with Crippen LogP contribution in [0, 0.1) is 0 Å². The van der Waals surface area contributed by atoms with Crippen LogP contribution in [0.3, 0.4) is 0 Å². The van der Waals surface area contributed by atoms with Gasteiger partial charge in [0.25, 0.3) is 0 Å². The second-order valence-corrected chi connectivity index (χ2v) is 4.84. The zero-order valence-electron chi connectivity index (χ0n) is 14.2. The molecule has 0 rings (SSSR count). The quantitative estimate of drug-likeness (QED) is 0.279. The Morgan fingerprint density at radius 1 is 0.792 bits per heavy atom. The summed E-state index contributed by atoms with van der Waals surface area (Å²) in [6.45, 7) is 4.22. The smallest absolute Gasteiger partial charge is 0.305 e. The Bertz CT molecular complexity index is 316. The summed E-state index contributed by atoms with van der Waals surface area (Å²) in [5.41, 5.74) is 5.31. The summed E-state index contributed by atoms with van der Waals surface area (Å²) in [5, 5.41) is 11.1. The van der Waals surface area contributed by atoms with Gasteiger partial charge in [0.2, 0.25) is 5.91 Å². The Hall–Kier alpha value is -1.26. The first-order valence-electron chi connectivity index (χ1n) is 8.16.